The molecule has 1 aliphatic heterocycles. The van der Waals surface area contributed by atoms with Crippen LogP contribution in [0.4, 0.5) is 5.69 Å². The van der Waals surface area contributed by atoms with E-state index in [0.29, 0.717) is 0 Å². The molecule has 0 radical (unpaired) electrons. The Balaban J connectivity index is 2.15. The molecular formula is C15H21NO2. The summed E-state index contributed by atoms with van der Waals surface area (Å²) in [6.45, 7) is 3.14. The number of anilines is 1. The average molecular weight is 247 g/mol. The highest BCUT2D eigenvalue weighted by Crippen LogP contribution is 2.31. The fraction of sp³-hybridized carbons (Fsp3) is 0.533. The van der Waals surface area contributed by atoms with E-state index in [1.54, 1.807) is 0 Å². The smallest absolute Gasteiger partial charge is 0.303 e. The summed E-state index contributed by atoms with van der Waals surface area (Å²) in [5.41, 5.74) is 3.73. The first kappa shape index (κ1) is 12.9. The van der Waals surface area contributed by atoms with Crippen LogP contribution >= 0.6 is 0 Å². The molecule has 1 aliphatic rings. The van der Waals surface area contributed by atoms with Crippen LogP contribution in [-0.4, -0.2) is 17.6 Å². The van der Waals surface area contributed by atoms with Crippen molar-refractivity contribution < 1.29 is 9.90 Å². The fourth-order valence-corrected chi connectivity index (χ4v) is 2.63. The topological polar surface area (TPSA) is 49.3 Å². The molecule has 0 saturated carbocycles. The van der Waals surface area contributed by atoms with Gasteiger partial charge in [-0.3, -0.25) is 4.79 Å². The summed E-state index contributed by atoms with van der Waals surface area (Å²) in [6.07, 6.45) is 4.47. The second kappa shape index (κ2) is 5.89. The van der Waals surface area contributed by atoms with Crippen molar-refractivity contribution >= 4 is 11.7 Å². The molecule has 2 N–H and O–H groups in total. The van der Waals surface area contributed by atoms with E-state index >= 15 is 0 Å². The van der Waals surface area contributed by atoms with E-state index < -0.39 is 5.97 Å². The van der Waals surface area contributed by atoms with E-state index in [-0.39, 0.29) is 12.3 Å². The van der Waals surface area contributed by atoms with Crippen molar-refractivity contribution in [3.05, 3.63) is 29.3 Å². The van der Waals surface area contributed by atoms with Crippen LogP contribution in [-0.2, 0) is 11.2 Å². The Labute approximate surface area is 108 Å². The van der Waals surface area contributed by atoms with Crippen molar-refractivity contribution in [3.63, 3.8) is 0 Å². The van der Waals surface area contributed by atoms with Crippen molar-refractivity contribution in [2.75, 3.05) is 11.9 Å². The maximum atomic E-state index is 11.0. The second-order valence-electron chi connectivity index (χ2n) is 5.03. The number of rotatable bonds is 6. The number of carboxylic acid groups (broad SMARTS) is 1. The van der Waals surface area contributed by atoms with Crippen LogP contribution < -0.4 is 5.32 Å². The Hall–Kier alpha value is -1.51. The molecule has 1 atom stereocenters. The lowest BCUT2D eigenvalue weighted by molar-refractivity contribution is -0.137. The number of carbonyl (C=O) groups is 1. The van der Waals surface area contributed by atoms with Gasteiger partial charge in [0.15, 0.2) is 0 Å². The second-order valence-corrected chi connectivity index (χ2v) is 5.03. The van der Waals surface area contributed by atoms with Crippen LogP contribution in [0.5, 0.6) is 0 Å². The third-order valence-corrected chi connectivity index (χ3v) is 3.64. The molecule has 0 aliphatic carbocycles. The van der Waals surface area contributed by atoms with Crippen LogP contribution in [0.1, 0.15) is 49.7 Å². The summed E-state index contributed by atoms with van der Waals surface area (Å²) < 4.78 is 0. The number of aliphatic carboxylic acids is 1. The minimum atomic E-state index is -0.699. The van der Waals surface area contributed by atoms with Gasteiger partial charge in [-0.25, -0.2) is 0 Å². The van der Waals surface area contributed by atoms with E-state index in [9.17, 15) is 4.79 Å². The number of nitrogens with one attached hydrogen (secondary N) is 1. The van der Waals surface area contributed by atoms with Crippen molar-refractivity contribution in [1.29, 1.82) is 0 Å². The maximum Gasteiger partial charge on any atom is 0.303 e. The van der Waals surface area contributed by atoms with Crippen molar-refractivity contribution in [3.8, 4) is 0 Å². The number of fused-ring (bicyclic) bond motifs is 1. The quantitative estimate of drug-likeness (QED) is 0.810. The Morgan fingerprint density at radius 3 is 3.06 bits per heavy atom. The van der Waals surface area contributed by atoms with Gasteiger partial charge in [0, 0.05) is 12.2 Å². The molecule has 18 heavy (non-hydrogen) atoms. The van der Waals surface area contributed by atoms with E-state index in [0.717, 1.165) is 32.2 Å². The average Bonchev–Trinajstić information content (AvgIpc) is 2.81. The Bertz CT molecular complexity index is 429. The minimum Gasteiger partial charge on any atom is -0.481 e. The molecule has 98 valence electrons. The standard InChI is InChI=1S/C15H21NO2/c1-2-3-4-11(10-15(17)18)12-5-6-14-13(9-12)7-8-16-14/h5-6,9,11,16H,2-4,7-8,10H2,1H3,(H,17,18). The van der Waals surface area contributed by atoms with Crippen LogP contribution in [0.2, 0.25) is 0 Å². The predicted molar refractivity (Wildman–Crippen MR) is 73.2 cm³/mol. The molecule has 0 spiro atoms. The molecule has 1 unspecified atom stereocenters. The monoisotopic (exact) mass is 247 g/mol. The fourth-order valence-electron chi connectivity index (χ4n) is 2.63. The zero-order chi connectivity index (χ0) is 13.0. The third-order valence-electron chi connectivity index (χ3n) is 3.64. The Kier molecular flexibility index (Phi) is 4.24. The lowest BCUT2D eigenvalue weighted by Gasteiger charge is -2.16. The number of hydrogen-bond donors (Lipinski definition) is 2. The first-order valence-electron chi connectivity index (χ1n) is 6.79. The summed E-state index contributed by atoms with van der Waals surface area (Å²) in [5, 5.41) is 12.4. The number of unbranched alkanes of at least 4 members (excludes halogenated alkanes) is 1. The van der Waals surface area contributed by atoms with E-state index in [1.807, 2.05) is 0 Å². The first-order chi connectivity index (χ1) is 8.70. The lowest BCUT2D eigenvalue weighted by atomic mass is 9.89. The molecule has 1 aromatic rings. The number of hydrogen-bond acceptors (Lipinski definition) is 2. The van der Waals surface area contributed by atoms with Gasteiger partial charge in [-0.15, -0.1) is 0 Å². The van der Waals surface area contributed by atoms with Crippen molar-refractivity contribution in [1.82, 2.24) is 0 Å². The van der Waals surface area contributed by atoms with Gasteiger partial charge >= 0.3 is 5.97 Å². The summed E-state index contributed by atoms with van der Waals surface area (Å²) in [4.78, 5) is 11.0. The van der Waals surface area contributed by atoms with Crippen LogP contribution in [0.15, 0.2) is 18.2 Å². The van der Waals surface area contributed by atoms with Crippen LogP contribution in [0.25, 0.3) is 0 Å². The molecule has 0 aromatic heterocycles. The van der Waals surface area contributed by atoms with Gasteiger partial charge in [0.05, 0.1) is 6.42 Å². The van der Waals surface area contributed by atoms with Gasteiger partial charge in [-0.05, 0) is 36.0 Å². The lowest BCUT2D eigenvalue weighted by Crippen LogP contribution is -2.07. The highest BCUT2D eigenvalue weighted by Gasteiger charge is 2.18. The number of benzene rings is 1. The Morgan fingerprint density at radius 2 is 2.33 bits per heavy atom. The highest BCUT2D eigenvalue weighted by atomic mass is 16.4. The molecule has 0 bridgehead atoms. The summed E-state index contributed by atoms with van der Waals surface area (Å²) in [5.74, 6) is -0.539. The predicted octanol–water partition coefficient (Wildman–Crippen LogP) is 3.40. The molecule has 2 rings (SSSR count). The molecule has 1 aromatic carbocycles. The summed E-state index contributed by atoms with van der Waals surface area (Å²) in [6, 6.07) is 6.37. The van der Waals surface area contributed by atoms with Gasteiger partial charge in [0.1, 0.15) is 0 Å². The summed E-state index contributed by atoms with van der Waals surface area (Å²) in [7, 11) is 0. The molecule has 1 heterocycles. The molecular weight excluding hydrogens is 226 g/mol. The normalized spacial score (nSPS) is 14.9. The summed E-state index contributed by atoms with van der Waals surface area (Å²) >= 11 is 0. The first-order valence-corrected chi connectivity index (χ1v) is 6.79. The third kappa shape index (κ3) is 3.03. The van der Waals surface area contributed by atoms with Gasteiger partial charge in [-0.2, -0.15) is 0 Å². The zero-order valence-electron chi connectivity index (χ0n) is 10.9. The molecule has 0 amide bonds. The van der Waals surface area contributed by atoms with Gasteiger partial charge in [-0.1, -0.05) is 31.9 Å². The van der Waals surface area contributed by atoms with E-state index in [4.69, 9.17) is 5.11 Å². The van der Waals surface area contributed by atoms with E-state index in [2.05, 4.69) is 30.4 Å². The largest absolute Gasteiger partial charge is 0.481 e. The van der Waals surface area contributed by atoms with Gasteiger partial charge < -0.3 is 10.4 Å². The van der Waals surface area contributed by atoms with Gasteiger partial charge in [0.2, 0.25) is 0 Å². The highest BCUT2D eigenvalue weighted by molar-refractivity contribution is 5.68. The van der Waals surface area contributed by atoms with Crippen LogP contribution in [0, 0.1) is 0 Å². The van der Waals surface area contributed by atoms with E-state index in [1.165, 1.54) is 16.8 Å². The SMILES string of the molecule is CCCCC(CC(=O)O)c1ccc2c(c1)CCN2. The zero-order valence-corrected chi connectivity index (χ0v) is 10.9. The molecule has 0 saturated heterocycles. The molecule has 3 nitrogen and oxygen atoms in total. The number of carboxylic acids is 1. The molecule has 3 heteroatoms. The Morgan fingerprint density at radius 1 is 1.50 bits per heavy atom. The maximum absolute atomic E-state index is 11.0. The van der Waals surface area contributed by atoms with Crippen molar-refractivity contribution in [2.24, 2.45) is 0 Å². The minimum absolute atomic E-state index is 0.161. The van der Waals surface area contributed by atoms with Crippen molar-refractivity contribution in [2.45, 2.75) is 44.9 Å². The molecule has 0 fully saturated rings. The van der Waals surface area contributed by atoms with Gasteiger partial charge in [0.25, 0.3) is 0 Å². The van der Waals surface area contributed by atoms with Crippen LogP contribution in [0.3, 0.4) is 0 Å².